The fourth-order valence-corrected chi connectivity index (χ4v) is 0.488. The second kappa shape index (κ2) is 8.58. The van der Waals surface area contributed by atoms with E-state index in [0.717, 1.165) is 0 Å². The van der Waals surface area contributed by atoms with Crippen molar-refractivity contribution in [1.82, 2.24) is 0 Å². The summed E-state index contributed by atoms with van der Waals surface area (Å²) in [5.41, 5.74) is 10.3. The molecule has 0 radical (unpaired) electrons. The number of aliphatic imine (C=N–C) groups is 1. The Morgan fingerprint density at radius 3 is 2.15 bits per heavy atom. The van der Waals surface area contributed by atoms with E-state index in [4.69, 9.17) is 11.5 Å². The molecule has 4 N–H and O–H groups in total. The molecule has 0 aromatic rings. The number of carbonyl (C=O) groups is 1. The number of nitrogens with zero attached hydrogens (tertiary/aromatic N) is 1. The van der Waals surface area contributed by atoms with Gasteiger partial charge in [-0.15, -0.1) is 0 Å². The van der Waals surface area contributed by atoms with Crippen molar-refractivity contribution in [2.75, 3.05) is 14.2 Å². The monoisotopic (exact) mass is 189 g/mol. The van der Waals surface area contributed by atoms with E-state index in [1.165, 1.54) is 20.4 Å². The van der Waals surface area contributed by atoms with Crippen molar-refractivity contribution in [3.05, 3.63) is 11.5 Å². The zero-order chi connectivity index (χ0) is 10.9. The van der Waals surface area contributed by atoms with Crippen LogP contribution in [0.1, 0.15) is 15.3 Å². The van der Waals surface area contributed by atoms with Crippen molar-refractivity contribution in [3.63, 3.8) is 0 Å². The number of hydrogen-bond donors (Lipinski definition) is 2. The van der Waals surface area contributed by atoms with E-state index in [1.807, 2.05) is 13.8 Å². The summed E-state index contributed by atoms with van der Waals surface area (Å²) >= 11 is 0. The zero-order valence-corrected chi connectivity index (χ0v) is 8.50. The number of nitrogens with two attached hydrogens (primary N) is 2. The Kier molecular flexibility index (Phi) is 9.25. The molecule has 0 fully saturated rings. The molecule has 0 aliphatic carbocycles. The van der Waals surface area contributed by atoms with Crippen molar-refractivity contribution in [2.24, 2.45) is 16.5 Å². The molecule has 0 unspecified atom stereocenters. The van der Waals surface area contributed by atoms with Crippen LogP contribution in [-0.4, -0.2) is 26.3 Å². The van der Waals surface area contributed by atoms with Gasteiger partial charge in [0.05, 0.1) is 7.11 Å². The Morgan fingerprint density at radius 1 is 1.46 bits per heavy atom. The number of amides is 1. The lowest BCUT2D eigenvalue weighted by Gasteiger charge is -2.01. The number of primary amides is 1. The molecule has 0 saturated carbocycles. The fraction of sp³-hybridized carbons (Fsp3) is 0.500. The normalized spacial score (nSPS) is 11.4. The number of carbonyl (C=O) groups excluding carboxylic acids is 1. The maximum absolute atomic E-state index is 10.6. The van der Waals surface area contributed by atoms with E-state index in [1.54, 1.807) is 0 Å². The van der Waals surface area contributed by atoms with Crippen LogP contribution in [0.4, 0.5) is 0 Å². The SMILES string of the molecule is CC.CN=C/C(C(N)=O)=C(\N)OC.[HH]. The maximum Gasteiger partial charge on any atom is 0.255 e. The van der Waals surface area contributed by atoms with Gasteiger partial charge in [0.25, 0.3) is 5.91 Å². The number of rotatable bonds is 3. The van der Waals surface area contributed by atoms with Crippen LogP contribution in [0.25, 0.3) is 0 Å². The molecule has 0 spiro atoms. The Morgan fingerprint density at radius 2 is 1.92 bits per heavy atom. The van der Waals surface area contributed by atoms with Gasteiger partial charge in [-0.2, -0.15) is 0 Å². The summed E-state index contributed by atoms with van der Waals surface area (Å²) in [6, 6.07) is 0. The lowest BCUT2D eigenvalue weighted by Crippen LogP contribution is -2.20. The van der Waals surface area contributed by atoms with Gasteiger partial charge >= 0.3 is 0 Å². The second-order valence-corrected chi connectivity index (χ2v) is 1.73. The first-order valence-electron chi connectivity index (χ1n) is 3.89. The van der Waals surface area contributed by atoms with Crippen LogP contribution in [0.2, 0.25) is 0 Å². The van der Waals surface area contributed by atoms with Crippen molar-refractivity contribution in [1.29, 1.82) is 0 Å². The number of hydrogen-bond acceptors (Lipinski definition) is 4. The largest absolute Gasteiger partial charge is 0.482 e. The van der Waals surface area contributed by atoms with Gasteiger partial charge in [0.15, 0.2) is 5.88 Å². The van der Waals surface area contributed by atoms with Crippen molar-refractivity contribution in [3.8, 4) is 0 Å². The summed E-state index contributed by atoms with van der Waals surface area (Å²) in [6.07, 6.45) is 1.25. The molecule has 5 nitrogen and oxygen atoms in total. The molecule has 0 rings (SSSR count). The zero-order valence-electron chi connectivity index (χ0n) is 8.50. The Labute approximate surface area is 79.9 Å². The molecule has 5 heteroatoms. The predicted octanol–water partition coefficient (Wildman–Crippen LogP) is 0.261. The molecular weight excluding hydrogens is 170 g/mol. The molecule has 0 atom stereocenters. The average molecular weight is 189 g/mol. The van der Waals surface area contributed by atoms with Crippen molar-refractivity contribution in [2.45, 2.75) is 13.8 Å². The van der Waals surface area contributed by atoms with Crippen molar-refractivity contribution < 1.29 is 11.0 Å². The molecule has 1 amide bonds. The van der Waals surface area contributed by atoms with Gasteiger partial charge in [-0.25, -0.2) is 0 Å². The van der Waals surface area contributed by atoms with Crippen LogP contribution >= 0.6 is 0 Å². The summed E-state index contributed by atoms with van der Waals surface area (Å²) in [6.45, 7) is 4.00. The first-order chi connectivity index (χ1) is 6.13. The third kappa shape index (κ3) is 5.72. The molecule has 0 saturated heterocycles. The van der Waals surface area contributed by atoms with Gasteiger partial charge in [0, 0.05) is 14.7 Å². The number of methoxy groups -OCH3 is 1. The fourth-order valence-electron chi connectivity index (χ4n) is 0.488. The molecule has 0 aliphatic heterocycles. The van der Waals surface area contributed by atoms with E-state index >= 15 is 0 Å². The Hall–Kier alpha value is -1.52. The number of ether oxygens (including phenoxy) is 1. The standard InChI is InChI=1S/C6H11N3O2.C2H6.H2/c1-9-3-4(5(7)10)6(8)11-2;1-2;/h3H,8H2,1-2H3,(H2,7,10);1-2H3;1H/b6-4-,9-3?;;. The molecule has 0 aromatic heterocycles. The molecule has 0 aromatic carbocycles. The minimum Gasteiger partial charge on any atom is -0.482 e. The smallest absolute Gasteiger partial charge is 0.255 e. The van der Waals surface area contributed by atoms with Crippen LogP contribution in [0, 0.1) is 0 Å². The van der Waals surface area contributed by atoms with Gasteiger partial charge in [-0.3, -0.25) is 9.79 Å². The van der Waals surface area contributed by atoms with E-state index in [9.17, 15) is 4.79 Å². The molecule has 0 bridgehead atoms. The quantitative estimate of drug-likeness (QED) is 0.379. The Bertz CT molecular complexity index is 215. The van der Waals surface area contributed by atoms with Crippen LogP contribution in [0.15, 0.2) is 16.4 Å². The minimum atomic E-state index is -0.657. The van der Waals surface area contributed by atoms with E-state index < -0.39 is 5.91 Å². The Balaban J connectivity index is -0.000000376. The van der Waals surface area contributed by atoms with Crippen LogP contribution in [0.5, 0.6) is 0 Å². The predicted molar refractivity (Wildman–Crippen MR) is 55.3 cm³/mol. The van der Waals surface area contributed by atoms with Crippen LogP contribution in [-0.2, 0) is 9.53 Å². The van der Waals surface area contributed by atoms with Gasteiger partial charge in [0.2, 0.25) is 0 Å². The summed E-state index contributed by atoms with van der Waals surface area (Å²) < 4.78 is 4.59. The van der Waals surface area contributed by atoms with E-state index in [2.05, 4.69) is 9.73 Å². The lowest BCUT2D eigenvalue weighted by molar-refractivity contribution is -0.114. The summed E-state index contributed by atoms with van der Waals surface area (Å²) in [5, 5.41) is 0. The molecular formula is C8H19N3O2. The lowest BCUT2D eigenvalue weighted by atomic mass is 10.3. The van der Waals surface area contributed by atoms with Crippen molar-refractivity contribution >= 4 is 12.1 Å². The highest BCUT2D eigenvalue weighted by molar-refractivity contribution is 6.11. The summed E-state index contributed by atoms with van der Waals surface area (Å²) in [5.74, 6) is -0.682. The highest BCUT2D eigenvalue weighted by Crippen LogP contribution is 1.94. The third-order valence-corrected chi connectivity index (χ3v) is 1.01. The highest BCUT2D eigenvalue weighted by atomic mass is 16.5. The van der Waals surface area contributed by atoms with Gasteiger partial charge in [0.1, 0.15) is 5.57 Å². The second-order valence-electron chi connectivity index (χ2n) is 1.73. The summed E-state index contributed by atoms with van der Waals surface area (Å²) in [7, 11) is 2.85. The maximum atomic E-state index is 10.6. The average Bonchev–Trinajstić information content (AvgIpc) is 2.15. The van der Waals surface area contributed by atoms with Gasteiger partial charge in [-0.05, 0) is 0 Å². The van der Waals surface area contributed by atoms with Gasteiger partial charge < -0.3 is 16.2 Å². The molecule has 0 heterocycles. The topological polar surface area (TPSA) is 90.7 Å². The first kappa shape index (κ1) is 14.0. The first-order valence-corrected chi connectivity index (χ1v) is 3.89. The van der Waals surface area contributed by atoms with Crippen LogP contribution in [0.3, 0.4) is 0 Å². The van der Waals surface area contributed by atoms with E-state index in [0.29, 0.717) is 0 Å². The third-order valence-electron chi connectivity index (χ3n) is 1.01. The molecule has 13 heavy (non-hydrogen) atoms. The molecule has 0 aliphatic rings. The molecule has 78 valence electrons. The minimum absolute atomic E-state index is 0. The summed E-state index contributed by atoms with van der Waals surface area (Å²) in [4.78, 5) is 14.2. The van der Waals surface area contributed by atoms with Crippen LogP contribution < -0.4 is 11.5 Å². The van der Waals surface area contributed by atoms with Gasteiger partial charge in [-0.1, -0.05) is 13.8 Å². The highest BCUT2D eigenvalue weighted by Gasteiger charge is 2.06. The van der Waals surface area contributed by atoms with E-state index in [-0.39, 0.29) is 12.9 Å².